The van der Waals surface area contributed by atoms with E-state index in [1.807, 2.05) is 0 Å². The molecule has 116 valence electrons. The van der Waals surface area contributed by atoms with Gasteiger partial charge in [0.05, 0.1) is 18.4 Å². The lowest BCUT2D eigenvalue weighted by Crippen LogP contribution is -2.20. The molecule has 2 N–H and O–H groups in total. The van der Waals surface area contributed by atoms with Gasteiger partial charge in [0.1, 0.15) is 22.1 Å². The molecule has 6 heteroatoms. The van der Waals surface area contributed by atoms with E-state index >= 15 is 0 Å². The van der Waals surface area contributed by atoms with E-state index < -0.39 is 0 Å². The molecule has 2 aromatic carbocycles. The van der Waals surface area contributed by atoms with Crippen molar-refractivity contribution >= 4 is 33.9 Å². The first-order valence-electron chi connectivity index (χ1n) is 6.79. The normalized spacial score (nSPS) is 11.7. The van der Waals surface area contributed by atoms with Crippen molar-refractivity contribution in [2.75, 3.05) is 7.11 Å². The predicted molar refractivity (Wildman–Crippen MR) is 90.3 cm³/mol. The summed E-state index contributed by atoms with van der Waals surface area (Å²) in [5.41, 5.74) is 7.63. The van der Waals surface area contributed by atoms with Crippen LogP contribution in [0.25, 0.3) is 11.0 Å². The van der Waals surface area contributed by atoms with Crippen LogP contribution >= 0.6 is 12.2 Å². The van der Waals surface area contributed by atoms with E-state index in [0.717, 1.165) is 5.75 Å². The highest BCUT2D eigenvalue weighted by molar-refractivity contribution is 7.80. The van der Waals surface area contributed by atoms with Crippen molar-refractivity contribution in [1.29, 1.82) is 0 Å². The molecule has 4 nitrogen and oxygen atoms in total. The third-order valence-electron chi connectivity index (χ3n) is 3.28. The van der Waals surface area contributed by atoms with E-state index in [2.05, 4.69) is 4.99 Å². The molecular formula is C17H13FN2O2S. The Balaban J connectivity index is 2.21. The average Bonchev–Trinajstić information content (AvgIpc) is 2.55. The smallest absolute Gasteiger partial charge is 0.230 e. The number of halogens is 1. The zero-order valence-electron chi connectivity index (χ0n) is 12.2. The minimum atomic E-state index is -0.360. The molecule has 3 aromatic rings. The molecule has 0 radical (unpaired) electrons. The van der Waals surface area contributed by atoms with Crippen molar-refractivity contribution in [3.8, 4) is 5.75 Å². The maximum absolute atomic E-state index is 13.3. The van der Waals surface area contributed by atoms with E-state index in [4.69, 9.17) is 27.1 Å². The number of hydrogen-bond donors (Lipinski definition) is 1. The molecule has 0 fully saturated rings. The zero-order chi connectivity index (χ0) is 16.4. The number of benzene rings is 2. The minimum Gasteiger partial charge on any atom is -0.497 e. The lowest BCUT2D eigenvalue weighted by Gasteiger charge is -2.04. The Labute approximate surface area is 137 Å². The van der Waals surface area contributed by atoms with Crippen LogP contribution < -0.4 is 16.0 Å². The molecule has 1 aromatic heterocycles. The summed E-state index contributed by atoms with van der Waals surface area (Å²) in [4.78, 5) is 4.56. The quantitative estimate of drug-likeness (QED) is 0.748. The highest BCUT2D eigenvalue weighted by Crippen LogP contribution is 2.19. The van der Waals surface area contributed by atoms with E-state index in [0.29, 0.717) is 22.2 Å². The molecule has 0 unspecified atom stereocenters. The van der Waals surface area contributed by atoms with Gasteiger partial charge in [0.25, 0.3) is 0 Å². The molecule has 0 saturated heterocycles. The van der Waals surface area contributed by atoms with Crippen molar-refractivity contribution in [1.82, 2.24) is 0 Å². The zero-order valence-corrected chi connectivity index (χ0v) is 13.1. The second-order valence-corrected chi connectivity index (χ2v) is 5.26. The van der Waals surface area contributed by atoms with Gasteiger partial charge >= 0.3 is 0 Å². The van der Waals surface area contributed by atoms with Gasteiger partial charge < -0.3 is 14.9 Å². The summed E-state index contributed by atoms with van der Waals surface area (Å²) in [7, 11) is 1.59. The fourth-order valence-electron chi connectivity index (χ4n) is 2.14. The summed E-state index contributed by atoms with van der Waals surface area (Å²) >= 11 is 5.05. The number of nitrogens with two attached hydrogens (primary N) is 1. The van der Waals surface area contributed by atoms with Crippen LogP contribution in [0.1, 0.15) is 5.56 Å². The molecule has 0 aliphatic rings. The van der Waals surface area contributed by atoms with Gasteiger partial charge in [0, 0.05) is 5.39 Å². The largest absolute Gasteiger partial charge is 0.497 e. The summed E-state index contributed by atoms with van der Waals surface area (Å²) < 4.78 is 24.2. The average molecular weight is 328 g/mol. The van der Waals surface area contributed by atoms with E-state index in [-0.39, 0.29) is 16.4 Å². The fourth-order valence-corrected chi connectivity index (χ4v) is 2.28. The summed E-state index contributed by atoms with van der Waals surface area (Å²) in [6.07, 6.45) is 0. The Morgan fingerprint density at radius 3 is 2.57 bits per heavy atom. The van der Waals surface area contributed by atoms with E-state index in [1.165, 1.54) is 12.1 Å². The van der Waals surface area contributed by atoms with Crippen LogP contribution in [0.2, 0.25) is 0 Å². The number of hydrogen-bond acceptors (Lipinski definition) is 4. The molecule has 23 heavy (non-hydrogen) atoms. The monoisotopic (exact) mass is 328 g/mol. The maximum Gasteiger partial charge on any atom is 0.230 e. The molecule has 0 bridgehead atoms. The Morgan fingerprint density at radius 2 is 1.91 bits per heavy atom. The number of rotatable bonds is 3. The molecule has 3 rings (SSSR count). The topological polar surface area (TPSA) is 60.8 Å². The van der Waals surface area contributed by atoms with Crippen LogP contribution in [-0.4, -0.2) is 12.1 Å². The van der Waals surface area contributed by atoms with Crippen LogP contribution in [0.3, 0.4) is 0 Å². The Morgan fingerprint density at radius 1 is 1.17 bits per heavy atom. The van der Waals surface area contributed by atoms with Gasteiger partial charge in [0.15, 0.2) is 0 Å². The number of methoxy groups -OCH3 is 1. The number of fused-ring (bicyclic) bond motifs is 1. The first kappa shape index (κ1) is 15.2. The predicted octanol–water partition coefficient (Wildman–Crippen LogP) is 3.45. The van der Waals surface area contributed by atoms with Crippen LogP contribution in [-0.2, 0) is 0 Å². The Bertz CT molecular complexity index is 949. The van der Waals surface area contributed by atoms with Gasteiger partial charge in [-0.25, -0.2) is 9.38 Å². The van der Waals surface area contributed by atoms with Gasteiger partial charge in [0.2, 0.25) is 5.55 Å². The van der Waals surface area contributed by atoms with E-state index in [9.17, 15) is 4.39 Å². The van der Waals surface area contributed by atoms with Crippen LogP contribution in [0, 0.1) is 5.82 Å². The summed E-state index contributed by atoms with van der Waals surface area (Å²) in [6.45, 7) is 0. The number of ether oxygens (including phenoxy) is 1. The lowest BCUT2D eigenvalue weighted by molar-refractivity contribution is 0.415. The minimum absolute atomic E-state index is 0.132. The fraction of sp³-hybridized carbons (Fsp3) is 0.0588. The standard InChI is InChI=1S/C17H13FN2O2S/c1-21-13-5-3-12(4-6-13)20-17-14(16(19)23)9-10-8-11(18)2-7-15(10)22-17/h2-9H,1H3,(H2,19,23)/b20-17-. The van der Waals surface area contributed by atoms with Gasteiger partial charge in [-0.2, -0.15) is 0 Å². The second kappa shape index (κ2) is 6.18. The molecule has 0 atom stereocenters. The van der Waals surface area contributed by atoms with Crippen LogP contribution in [0.4, 0.5) is 10.1 Å². The molecule has 1 heterocycles. The molecular weight excluding hydrogens is 315 g/mol. The van der Waals surface area contributed by atoms with Gasteiger partial charge in [-0.1, -0.05) is 12.2 Å². The Hall–Kier alpha value is -2.73. The van der Waals surface area contributed by atoms with E-state index in [1.54, 1.807) is 43.5 Å². The number of thiocarbonyl (C=S) groups is 1. The van der Waals surface area contributed by atoms with Gasteiger partial charge in [-0.15, -0.1) is 0 Å². The van der Waals surface area contributed by atoms with Crippen LogP contribution in [0.15, 0.2) is 57.9 Å². The van der Waals surface area contributed by atoms with Gasteiger partial charge in [-0.3, -0.25) is 0 Å². The van der Waals surface area contributed by atoms with Crippen molar-refractivity contribution in [3.05, 3.63) is 65.5 Å². The third-order valence-corrected chi connectivity index (χ3v) is 3.50. The second-order valence-electron chi connectivity index (χ2n) is 4.82. The summed E-state index contributed by atoms with van der Waals surface area (Å²) in [5, 5.41) is 0.571. The SMILES string of the molecule is COc1ccc(/N=c2\oc3ccc(F)cc3cc2C(N)=S)cc1. The molecule has 0 aliphatic heterocycles. The first-order valence-corrected chi connectivity index (χ1v) is 7.19. The first-order chi connectivity index (χ1) is 11.1. The maximum atomic E-state index is 13.3. The molecule has 0 saturated carbocycles. The number of nitrogens with zero attached hydrogens (tertiary/aromatic N) is 1. The highest BCUT2D eigenvalue weighted by atomic mass is 32.1. The Kier molecular flexibility index (Phi) is 4.08. The van der Waals surface area contributed by atoms with Crippen LogP contribution in [0.5, 0.6) is 5.75 Å². The van der Waals surface area contributed by atoms with Gasteiger partial charge in [-0.05, 0) is 48.5 Å². The molecule has 0 spiro atoms. The third kappa shape index (κ3) is 3.22. The summed E-state index contributed by atoms with van der Waals surface area (Å²) in [6, 6.07) is 13.0. The molecule has 0 amide bonds. The van der Waals surface area contributed by atoms with Crippen molar-refractivity contribution in [2.24, 2.45) is 10.7 Å². The van der Waals surface area contributed by atoms with Crippen molar-refractivity contribution in [2.45, 2.75) is 0 Å². The van der Waals surface area contributed by atoms with Crippen molar-refractivity contribution in [3.63, 3.8) is 0 Å². The highest BCUT2D eigenvalue weighted by Gasteiger charge is 2.07. The molecule has 0 aliphatic carbocycles. The van der Waals surface area contributed by atoms with Crippen molar-refractivity contribution < 1.29 is 13.5 Å². The lowest BCUT2D eigenvalue weighted by atomic mass is 10.2. The summed E-state index contributed by atoms with van der Waals surface area (Å²) in [5.74, 6) is 0.367.